The van der Waals surface area contributed by atoms with E-state index in [1.54, 1.807) is 0 Å². The van der Waals surface area contributed by atoms with Gasteiger partial charge in [-0.1, -0.05) is 32.4 Å². The molecule has 0 aliphatic rings. The van der Waals surface area contributed by atoms with Crippen LogP contribution in [0.1, 0.15) is 20.8 Å². The molecule has 0 aliphatic carbocycles. The molecule has 0 atom stereocenters. The Morgan fingerprint density at radius 3 is 2.35 bits per heavy atom. The van der Waals surface area contributed by atoms with Crippen molar-refractivity contribution in [3.05, 3.63) is 16.5 Å². The first-order valence-corrected chi connectivity index (χ1v) is 7.19. The van der Waals surface area contributed by atoms with Crippen molar-refractivity contribution in [2.45, 2.75) is 20.8 Å². The lowest BCUT2D eigenvalue weighted by molar-refractivity contribution is 0.463. The maximum Gasteiger partial charge on any atom is 0.234 e. The number of hydrogen-bond donors (Lipinski definition) is 1. The fraction of sp³-hybridized carbons (Fsp3) is 0.556. The van der Waals surface area contributed by atoms with Gasteiger partial charge in [-0.3, -0.25) is 4.72 Å². The standard InChI is InChI=1S/C9H13Cl2N3O2S/c1-9(2,3)5-17(15,16)14-7-4-6(10)12-8(11)13-7/h4H,5H2,1-3H3,(H,12,13,14). The molecule has 17 heavy (non-hydrogen) atoms. The maximum atomic E-state index is 11.8. The van der Waals surface area contributed by atoms with Gasteiger partial charge in [0.2, 0.25) is 15.3 Å². The Morgan fingerprint density at radius 2 is 1.88 bits per heavy atom. The molecule has 0 bridgehead atoms. The summed E-state index contributed by atoms with van der Waals surface area (Å²) in [5, 5.41) is -0.0237. The molecule has 1 aromatic rings. The van der Waals surface area contributed by atoms with Gasteiger partial charge < -0.3 is 0 Å². The average Bonchev–Trinajstić information content (AvgIpc) is 1.93. The van der Waals surface area contributed by atoms with Crippen molar-refractivity contribution in [2.24, 2.45) is 5.41 Å². The van der Waals surface area contributed by atoms with E-state index in [9.17, 15) is 8.42 Å². The van der Waals surface area contributed by atoms with Crippen molar-refractivity contribution in [3.8, 4) is 0 Å². The molecule has 0 unspecified atom stereocenters. The number of sulfonamides is 1. The van der Waals surface area contributed by atoms with Crippen molar-refractivity contribution in [3.63, 3.8) is 0 Å². The van der Waals surface area contributed by atoms with Gasteiger partial charge in [-0.05, 0) is 17.0 Å². The monoisotopic (exact) mass is 297 g/mol. The van der Waals surface area contributed by atoms with Crippen LogP contribution in [0.15, 0.2) is 6.07 Å². The van der Waals surface area contributed by atoms with Crippen molar-refractivity contribution < 1.29 is 8.42 Å². The van der Waals surface area contributed by atoms with E-state index in [-0.39, 0.29) is 27.4 Å². The van der Waals surface area contributed by atoms with E-state index in [4.69, 9.17) is 23.2 Å². The third-order valence-electron chi connectivity index (χ3n) is 1.55. The molecule has 1 N–H and O–H groups in total. The summed E-state index contributed by atoms with van der Waals surface area (Å²) in [6, 6.07) is 1.30. The molecule has 0 saturated heterocycles. The Hall–Kier alpha value is -0.590. The molecule has 5 nitrogen and oxygen atoms in total. The molecule has 0 spiro atoms. The Morgan fingerprint density at radius 1 is 1.29 bits per heavy atom. The van der Waals surface area contributed by atoms with E-state index in [0.717, 1.165) is 0 Å². The highest BCUT2D eigenvalue weighted by Gasteiger charge is 2.22. The van der Waals surface area contributed by atoms with Crippen LogP contribution in [0.3, 0.4) is 0 Å². The van der Waals surface area contributed by atoms with E-state index in [1.807, 2.05) is 20.8 Å². The number of anilines is 1. The molecule has 0 amide bonds. The van der Waals surface area contributed by atoms with Crippen LogP contribution in [0.4, 0.5) is 5.82 Å². The van der Waals surface area contributed by atoms with Crippen molar-refractivity contribution >= 4 is 39.0 Å². The minimum atomic E-state index is -3.48. The third kappa shape index (κ3) is 5.52. The number of rotatable bonds is 3. The van der Waals surface area contributed by atoms with Gasteiger partial charge in [0.1, 0.15) is 11.0 Å². The molecule has 0 fully saturated rings. The first kappa shape index (κ1) is 14.5. The van der Waals surface area contributed by atoms with Crippen LogP contribution in [-0.2, 0) is 10.0 Å². The fourth-order valence-electron chi connectivity index (χ4n) is 1.21. The van der Waals surface area contributed by atoms with Gasteiger partial charge in [0, 0.05) is 6.07 Å². The van der Waals surface area contributed by atoms with E-state index in [1.165, 1.54) is 6.07 Å². The third-order valence-corrected chi connectivity index (χ3v) is 3.68. The summed E-state index contributed by atoms with van der Waals surface area (Å²) in [6.45, 7) is 5.48. The Balaban J connectivity index is 2.91. The lowest BCUT2D eigenvalue weighted by Gasteiger charge is -2.18. The van der Waals surface area contributed by atoms with E-state index < -0.39 is 10.0 Å². The van der Waals surface area contributed by atoms with E-state index in [2.05, 4.69) is 14.7 Å². The van der Waals surface area contributed by atoms with Crippen LogP contribution in [0, 0.1) is 5.41 Å². The molecule has 8 heteroatoms. The zero-order chi connectivity index (χ0) is 13.3. The van der Waals surface area contributed by atoms with Crippen molar-refractivity contribution in [1.29, 1.82) is 0 Å². The second-order valence-electron chi connectivity index (χ2n) is 4.77. The minimum Gasteiger partial charge on any atom is -0.267 e. The maximum absolute atomic E-state index is 11.8. The highest BCUT2D eigenvalue weighted by molar-refractivity contribution is 7.92. The fourth-order valence-corrected chi connectivity index (χ4v) is 3.25. The van der Waals surface area contributed by atoms with Crippen LogP contribution < -0.4 is 4.72 Å². The zero-order valence-corrected chi connectivity index (χ0v) is 12.0. The van der Waals surface area contributed by atoms with Crippen LogP contribution in [0.25, 0.3) is 0 Å². The van der Waals surface area contributed by atoms with Crippen molar-refractivity contribution in [1.82, 2.24) is 9.97 Å². The SMILES string of the molecule is CC(C)(C)CS(=O)(=O)Nc1cc(Cl)nc(Cl)n1. The summed E-state index contributed by atoms with van der Waals surface area (Å²) >= 11 is 11.2. The molecular formula is C9H13Cl2N3O2S. The summed E-state index contributed by atoms with van der Waals surface area (Å²) in [6.07, 6.45) is 0. The molecule has 1 rings (SSSR count). The van der Waals surface area contributed by atoms with Gasteiger partial charge in [0.15, 0.2) is 0 Å². The molecule has 0 aliphatic heterocycles. The molecule has 0 radical (unpaired) electrons. The summed E-state index contributed by atoms with van der Waals surface area (Å²) in [4.78, 5) is 7.35. The van der Waals surface area contributed by atoms with Gasteiger partial charge in [0.25, 0.3) is 0 Å². The number of aromatic nitrogens is 2. The Labute approximate surface area is 111 Å². The lowest BCUT2D eigenvalue weighted by atomic mass is 10.0. The van der Waals surface area contributed by atoms with Crippen LogP contribution >= 0.6 is 23.2 Å². The minimum absolute atomic E-state index is 0.0285. The van der Waals surface area contributed by atoms with Crippen molar-refractivity contribution in [2.75, 3.05) is 10.5 Å². The predicted octanol–water partition coefficient (Wildman–Crippen LogP) is 2.57. The quantitative estimate of drug-likeness (QED) is 0.687. The first-order chi connectivity index (χ1) is 7.57. The van der Waals surface area contributed by atoms with Gasteiger partial charge in [0.05, 0.1) is 5.75 Å². The molecular weight excluding hydrogens is 285 g/mol. The first-order valence-electron chi connectivity index (χ1n) is 4.78. The van der Waals surface area contributed by atoms with E-state index in [0.29, 0.717) is 0 Å². The molecule has 1 heterocycles. The van der Waals surface area contributed by atoms with Crippen LogP contribution in [0.2, 0.25) is 10.4 Å². The summed E-state index contributed by atoms with van der Waals surface area (Å²) in [7, 11) is -3.48. The highest BCUT2D eigenvalue weighted by atomic mass is 35.5. The molecule has 0 aromatic carbocycles. The van der Waals surface area contributed by atoms with Gasteiger partial charge in [-0.25, -0.2) is 13.4 Å². The second kappa shape index (κ2) is 4.96. The van der Waals surface area contributed by atoms with Crippen LogP contribution in [-0.4, -0.2) is 24.1 Å². The normalized spacial score (nSPS) is 12.5. The van der Waals surface area contributed by atoms with Gasteiger partial charge in [-0.15, -0.1) is 0 Å². The topological polar surface area (TPSA) is 72.0 Å². The molecule has 96 valence electrons. The Bertz CT molecular complexity index is 491. The number of nitrogens with one attached hydrogen (secondary N) is 1. The summed E-state index contributed by atoms with van der Waals surface area (Å²) in [5.41, 5.74) is -0.355. The Kier molecular flexibility index (Phi) is 4.22. The summed E-state index contributed by atoms with van der Waals surface area (Å²) < 4.78 is 25.9. The highest BCUT2D eigenvalue weighted by Crippen LogP contribution is 2.19. The van der Waals surface area contributed by atoms with Crippen LogP contribution in [0.5, 0.6) is 0 Å². The van der Waals surface area contributed by atoms with Gasteiger partial charge in [-0.2, -0.15) is 4.98 Å². The number of nitrogens with zero attached hydrogens (tertiary/aromatic N) is 2. The molecule has 1 aromatic heterocycles. The number of halogens is 2. The van der Waals surface area contributed by atoms with Gasteiger partial charge >= 0.3 is 0 Å². The van der Waals surface area contributed by atoms with E-state index >= 15 is 0 Å². The predicted molar refractivity (Wildman–Crippen MR) is 68.9 cm³/mol. The molecule has 0 saturated carbocycles. The summed E-state index contributed by atoms with van der Waals surface area (Å²) in [5.74, 6) is 0.0402. The zero-order valence-electron chi connectivity index (χ0n) is 9.66. The largest absolute Gasteiger partial charge is 0.267 e. The lowest BCUT2D eigenvalue weighted by Crippen LogP contribution is -2.26. The number of hydrogen-bond acceptors (Lipinski definition) is 4. The second-order valence-corrected chi connectivity index (χ2v) is 7.21. The average molecular weight is 298 g/mol. The smallest absolute Gasteiger partial charge is 0.234 e.